The number of hydrogen-bond acceptors (Lipinski definition) is 9. The maximum Gasteiger partial charge on any atom is 0.328 e. The number of amides is 3. The van der Waals surface area contributed by atoms with Crippen molar-refractivity contribution in [3.05, 3.63) is 66.2 Å². The summed E-state index contributed by atoms with van der Waals surface area (Å²) in [6, 6.07) is 13.7. The standard InChI is InChI=1S/C41H50N4O9/c1-6-31(40(49)50)43-37(46)29-19-27(54-34-22-32(24-13-9-7-10-14-24)42-33-21-26(52-4)17-18-28(33)34)20-30(29)38(47)44-35(23(2)3)39(48)45-36(41(51)53-5)25-15-11-8-12-16-25/h7,9-10,13-14,17-18,20-23,25,27,29,31,35-36H,6,8,11-12,15-16,19H2,1-5H3,(H,43,46)(H,44,47)(H,45,48)(H,49,50)/t27-,29-,31+,35-,36-/m1/s1. The number of hydrogen-bond donors (Lipinski definition) is 4. The number of nitrogens with one attached hydrogen (secondary N) is 3. The Morgan fingerprint density at radius 1 is 0.926 bits per heavy atom. The average molecular weight is 743 g/mol. The van der Waals surface area contributed by atoms with E-state index in [1.165, 1.54) is 7.11 Å². The van der Waals surface area contributed by atoms with E-state index in [-0.39, 0.29) is 24.3 Å². The van der Waals surface area contributed by atoms with Gasteiger partial charge in [-0.2, -0.15) is 0 Å². The highest BCUT2D eigenvalue weighted by Gasteiger charge is 2.40. The van der Waals surface area contributed by atoms with Crippen molar-refractivity contribution in [3.63, 3.8) is 0 Å². The van der Waals surface area contributed by atoms with E-state index >= 15 is 0 Å². The molecule has 13 nitrogen and oxygen atoms in total. The summed E-state index contributed by atoms with van der Waals surface area (Å²) >= 11 is 0. The van der Waals surface area contributed by atoms with Gasteiger partial charge in [0.15, 0.2) is 0 Å². The first-order chi connectivity index (χ1) is 25.9. The van der Waals surface area contributed by atoms with E-state index in [1.807, 2.05) is 36.4 Å². The molecule has 288 valence electrons. The van der Waals surface area contributed by atoms with Crippen molar-refractivity contribution in [3.8, 4) is 22.8 Å². The van der Waals surface area contributed by atoms with Crippen molar-refractivity contribution in [2.45, 2.75) is 89.9 Å². The summed E-state index contributed by atoms with van der Waals surface area (Å²) in [7, 11) is 2.85. The van der Waals surface area contributed by atoms with Crippen LogP contribution in [0.15, 0.2) is 66.2 Å². The highest BCUT2D eigenvalue weighted by molar-refractivity contribution is 6.03. The highest BCUT2D eigenvalue weighted by atomic mass is 16.5. The number of rotatable bonds is 15. The van der Waals surface area contributed by atoms with E-state index in [4.69, 9.17) is 19.2 Å². The topological polar surface area (TPSA) is 182 Å². The molecule has 54 heavy (non-hydrogen) atoms. The molecule has 0 unspecified atom stereocenters. The summed E-state index contributed by atoms with van der Waals surface area (Å²) in [5.74, 6) is -4.14. The summed E-state index contributed by atoms with van der Waals surface area (Å²) < 4.78 is 17.0. The molecule has 3 aromatic rings. The Morgan fingerprint density at radius 2 is 1.65 bits per heavy atom. The predicted octanol–water partition coefficient (Wildman–Crippen LogP) is 4.96. The first-order valence-corrected chi connectivity index (χ1v) is 18.6. The molecule has 5 rings (SSSR count). The van der Waals surface area contributed by atoms with Gasteiger partial charge in [-0.25, -0.2) is 14.6 Å². The molecule has 2 aliphatic carbocycles. The van der Waals surface area contributed by atoms with Crippen LogP contribution < -0.4 is 25.4 Å². The Bertz CT molecular complexity index is 1870. The molecular weight excluding hydrogens is 692 g/mol. The summed E-state index contributed by atoms with van der Waals surface area (Å²) in [4.78, 5) is 71.2. The van der Waals surface area contributed by atoms with Crippen LogP contribution in [0.25, 0.3) is 22.2 Å². The number of esters is 1. The van der Waals surface area contributed by atoms with Crippen molar-refractivity contribution in [2.75, 3.05) is 14.2 Å². The lowest BCUT2D eigenvalue weighted by Crippen LogP contribution is -2.56. The fourth-order valence-corrected chi connectivity index (χ4v) is 7.21. The van der Waals surface area contributed by atoms with Gasteiger partial charge in [0.1, 0.15) is 35.7 Å². The minimum absolute atomic E-state index is 0.0237. The van der Waals surface area contributed by atoms with E-state index in [9.17, 15) is 29.1 Å². The van der Waals surface area contributed by atoms with Gasteiger partial charge in [-0.3, -0.25) is 14.4 Å². The lowest BCUT2D eigenvalue weighted by molar-refractivity contribution is -0.147. The molecule has 0 bridgehead atoms. The van der Waals surface area contributed by atoms with E-state index in [0.717, 1.165) is 37.7 Å². The van der Waals surface area contributed by atoms with Crippen LogP contribution in [-0.2, 0) is 28.7 Å². The smallest absolute Gasteiger partial charge is 0.328 e. The largest absolute Gasteiger partial charge is 0.497 e. The third-order valence-electron chi connectivity index (χ3n) is 10.2. The zero-order valence-corrected chi connectivity index (χ0v) is 31.4. The number of aliphatic carboxylic acids is 1. The second kappa shape index (κ2) is 18.0. The monoisotopic (exact) mass is 742 g/mol. The summed E-state index contributed by atoms with van der Waals surface area (Å²) in [5.41, 5.74) is 2.13. The number of methoxy groups -OCH3 is 2. The molecule has 13 heteroatoms. The molecule has 1 aromatic heterocycles. The van der Waals surface area contributed by atoms with Gasteiger partial charge >= 0.3 is 11.9 Å². The molecule has 1 fully saturated rings. The molecule has 1 heterocycles. The molecule has 1 saturated carbocycles. The van der Waals surface area contributed by atoms with Gasteiger partial charge < -0.3 is 35.3 Å². The quantitative estimate of drug-likeness (QED) is 0.155. The molecule has 4 N–H and O–H groups in total. The van der Waals surface area contributed by atoms with Crippen molar-refractivity contribution in [1.29, 1.82) is 0 Å². The van der Waals surface area contributed by atoms with Gasteiger partial charge in [0.25, 0.3) is 0 Å². The molecule has 0 saturated heterocycles. The average Bonchev–Trinajstić information content (AvgIpc) is 3.61. The van der Waals surface area contributed by atoms with Crippen LogP contribution in [0, 0.1) is 17.8 Å². The molecular formula is C41H50N4O9. The summed E-state index contributed by atoms with van der Waals surface area (Å²) in [5, 5.41) is 18.6. The Morgan fingerprint density at radius 3 is 2.28 bits per heavy atom. The van der Waals surface area contributed by atoms with Gasteiger partial charge in [0.05, 0.1) is 31.3 Å². The van der Waals surface area contributed by atoms with Gasteiger partial charge in [0, 0.05) is 35.1 Å². The Hall–Kier alpha value is -5.46. The first-order valence-electron chi connectivity index (χ1n) is 18.6. The van der Waals surface area contributed by atoms with Gasteiger partial charge in [-0.15, -0.1) is 0 Å². The van der Waals surface area contributed by atoms with Crippen LogP contribution in [0.1, 0.15) is 65.7 Å². The zero-order valence-electron chi connectivity index (χ0n) is 31.4. The second-order valence-corrected chi connectivity index (χ2v) is 14.2. The second-order valence-electron chi connectivity index (χ2n) is 14.2. The molecule has 5 atom stereocenters. The number of nitrogens with zero attached hydrogens (tertiary/aromatic N) is 1. The summed E-state index contributed by atoms with van der Waals surface area (Å²) in [6.07, 6.45) is 5.40. The number of fused-ring (bicyclic) bond motifs is 1. The van der Waals surface area contributed by atoms with E-state index in [2.05, 4.69) is 16.0 Å². The number of ether oxygens (including phenoxy) is 3. The fraction of sp³-hybridized carbons (Fsp3) is 0.463. The number of pyridine rings is 1. The normalized spacial score (nSPS) is 18.9. The molecule has 0 spiro atoms. The third kappa shape index (κ3) is 9.36. The van der Waals surface area contributed by atoms with Crippen molar-refractivity contribution in [2.24, 2.45) is 17.8 Å². The minimum Gasteiger partial charge on any atom is -0.497 e. The van der Waals surface area contributed by atoms with Crippen LogP contribution in [-0.4, -0.2) is 78.2 Å². The van der Waals surface area contributed by atoms with Crippen molar-refractivity contribution < 1.29 is 43.3 Å². The molecule has 3 amide bonds. The Balaban J connectivity index is 1.46. The Labute approximate surface area is 315 Å². The molecule has 0 aliphatic heterocycles. The number of carboxylic acids is 1. The third-order valence-corrected chi connectivity index (χ3v) is 10.2. The minimum atomic E-state index is -1.20. The highest BCUT2D eigenvalue weighted by Crippen LogP contribution is 2.36. The van der Waals surface area contributed by atoms with Crippen LogP contribution in [0.2, 0.25) is 0 Å². The lowest BCUT2D eigenvalue weighted by Gasteiger charge is -2.31. The first kappa shape index (κ1) is 39.7. The molecule has 0 radical (unpaired) electrons. The number of aromatic nitrogens is 1. The van der Waals surface area contributed by atoms with E-state index in [0.29, 0.717) is 28.1 Å². The number of carboxylic acid groups (broad SMARTS) is 1. The lowest BCUT2D eigenvalue weighted by atomic mass is 9.83. The molecule has 2 aliphatic rings. The maximum atomic E-state index is 14.1. The van der Waals surface area contributed by atoms with Gasteiger partial charge in [-0.05, 0) is 49.3 Å². The fourth-order valence-electron chi connectivity index (χ4n) is 7.21. The predicted molar refractivity (Wildman–Crippen MR) is 201 cm³/mol. The number of carbonyl (C=O) groups excluding carboxylic acids is 4. The van der Waals surface area contributed by atoms with Gasteiger partial charge in [0.2, 0.25) is 17.7 Å². The Kier molecular flexibility index (Phi) is 13.3. The van der Waals surface area contributed by atoms with Crippen molar-refractivity contribution in [1.82, 2.24) is 20.9 Å². The van der Waals surface area contributed by atoms with Crippen LogP contribution in [0.3, 0.4) is 0 Å². The van der Waals surface area contributed by atoms with Gasteiger partial charge in [-0.1, -0.05) is 70.4 Å². The van der Waals surface area contributed by atoms with Crippen molar-refractivity contribution >= 4 is 40.6 Å². The number of benzene rings is 2. The molecule has 2 aromatic carbocycles. The van der Waals surface area contributed by atoms with Crippen LogP contribution in [0.5, 0.6) is 11.5 Å². The van der Waals surface area contributed by atoms with E-state index < -0.39 is 65.7 Å². The number of carbonyl (C=O) groups is 5. The maximum absolute atomic E-state index is 14.1. The SMILES string of the molecule is CC[C@H](NC(=O)[C@@H]1C[C@@H](Oc2cc(-c3ccccc3)nc3cc(OC)ccc23)C=C1C(=O)N[C@@H](C(=O)N[C@@H](C(=O)OC)C1CCCCC1)C(C)C)C(=O)O. The van der Waals surface area contributed by atoms with Crippen LogP contribution >= 0.6 is 0 Å². The zero-order chi connectivity index (χ0) is 38.9. The van der Waals surface area contributed by atoms with E-state index in [1.54, 1.807) is 52.2 Å². The summed E-state index contributed by atoms with van der Waals surface area (Å²) in [6.45, 7) is 5.17. The van der Waals surface area contributed by atoms with Crippen LogP contribution in [0.4, 0.5) is 0 Å².